The highest BCUT2D eigenvalue weighted by molar-refractivity contribution is 4.91. The fourth-order valence-electron chi connectivity index (χ4n) is 1.98. The van der Waals surface area contributed by atoms with Crippen molar-refractivity contribution in [3.05, 3.63) is 22.9 Å². The first-order chi connectivity index (χ1) is 7.83. The van der Waals surface area contributed by atoms with Gasteiger partial charge >= 0.3 is 5.69 Å². The molecule has 16 heavy (non-hydrogen) atoms. The van der Waals surface area contributed by atoms with Gasteiger partial charge in [0.25, 0.3) is 0 Å². The standard InChI is InChI=1S/C12H20N2O2/c15-10-4-2-1-3-7-13-8-9-14(12(13)16)11-5-6-11/h8-9,11,15H,1-7,10H2. The normalized spacial score (nSPS) is 15.6. The zero-order valence-corrected chi connectivity index (χ0v) is 9.64. The SMILES string of the molecule is O=c1n(CCCCCCO)ccn1C1CC1. The van der Waals surface area contributed by atoms with Gasteiger partial charge in [0.1, 0.15) is 0 Å². The lowest BCUT2D eigenvalue weighted by Crippen LogP contribution is -2.23. The molecule has 4 heteroatoms. The topological polar surface area (TPSA) is 47.2 Å². The number of nitrogens with zero attached hydrogens (tertiary/aromatic N) is 2. The van der Waals surface area contributed by atoms with Gasteiger partial charge in [-0.3, -0.25) is 9.13 Å². The molecule has 1 saturated carbocycles. The predicted molar refractivity (Wildman–Crippen MR) is 62.5 cm³/mol. The second kappa shape index (κ2) is 5.34. The number of rotatable bonds is 7. The predicted octanol–water partition coefficient (Wildman–Crippen LogP) is 1.54. The number of hydrogen-bond acceptors (Lipinski definition) is 2. The molecule has 0 bridgehead atoms. The molecule has 1 aromatic rings. The Balaban J connectivity index is 1.78. The molecule has 0 aromatic carbocycles. The smallest absolute Gasteiger partial charge is 0.328 e. The van der Waals surface area contributed by atoms with Gasteiger partial charge < -0.3 is 5.11 Å². The number of hydrogen-bond donors (Lipinski definition) is 1. The molecule has 1 heterocycles. The number of imidazole rings is 1. The fraction of sp³-hybridized carbons (Fsp3) is 0.750. The van der Waals surface area contributed by atoms with E-state index in [4.69, 9.17) is 5.11 Å². The first kappa shape index (κ1) is 11.5. The summed E-state index contributed by atoms with van der Waals surface area (Å²) in [6.07, 6.45) is 10.1. The lowest BCUT2D eigenvalue weighted by atomic mass is 10.2. The second-order valence-electron chi connectivity index (χ2n) is 4.55. The van der Waals surface area contributed by atoms with E-state index in [2.05, 4.69) is 0 Å². The molecule has 1 fully saturated rings. The third kappa shape index (κ3) is 2.76. The number of aryl methyl sites for hydroxylation is 1. The van der Waals surface area contributed by atoms with E-state index in [-0.39, 0.29) is 12.3 Å². The van der Waals surface area contributed by atoms with Crippen LogP contribution in [0.5, 0.6) is 0 Å². The Bertz CT molecular complexity index is 377. The van der Waals surface area contributed by atoms with Crippen molar-refractivity contribution in [1.82, 2.24) is 9.13 Å². The minimum atomic E-state index is 0.143. The number of unbranched alkanes of at least 4 members (excludes halogenated alkanes) is 3. The van der Waals surface area contributed by atoms with E-state index in [1.54, 1.807) is 4.57 Å². The molecule has 4 nitrogen and oxygen atoms in total. The minimum absolute atomic E-state index is 0.143. The largest absolute Gasteiger partial charge is 0.396 e. The molecule has 0 aliphatic heterocycles. The maximum atomic E-state index is 11.9. The van der Waals surface area contributed by atoms with Crippen LogP contribution >= 0.6 is 0 Å². The molecule has 0 amide bonds. The van der Waals surface area contributed by atoms with Gasteiger partial charge in [-0.2, -0.15) is 0 Å². The van der Waals surface area contributed by atoms with Gasteiger partial charge in [0.2, 0.25) is 0 Å². The van der Waals surface area contributed by atoms with E-state index in [0.29, 0.717) is 6.04 Å². The fourth-order valence-corrected chi connectivity index (χ4v) is 1.98. The molecule has 90 valence electrons. The first-order valence-electron chi connectivity index (χ1n) is 6.21. The number of aromatic nitrogens is 2. The van der Waals surface area contributed by atoms with Crippen molar-refractivity contribution in [2.75, 3.05) is 6.61 Å². The highest BCUT2D eigenvalue weighted by Crippen LogP contribution is 2.33. The highest BCUT2D eigenvalue weighted by Gasteiger charge is 2.25. The molecule has 1 aromatic heterocycles. The van der Waals surface area contributed by atoms with Crippen LogP contribution in [0, 0.1) is 0 Å². The molecular formula is C12H20N2O2. The van der Waals surface area contributed by atoms with Crippen molar-refractivity contribution < 1.29 is 5.11 Å². The van der Waals surface area contributed by atoms with Crippen molar-refractivity contribution in [1.29, 1.82) is 0 Å². The zero-order valence-electron chi connectivity index (χ0n) is 9.64. The monoisotopic (exact) mass is 224 g/mol. The summed E-state index contributed by atoms with van der Waals surface area (Å²) in [6.45, 7) is 1.09. The Hall–Kier alpha value is -1.03. The quantitative estimate of drug-likeness (QED) is 0.714. The third-order valence-electron chi connectivity index (χ3n) is 3.12. The van der Waals surface area contributed by atoms with Gasteiger partial charge in [0.15, 0.2) is 0 Å². The Morgan fingerprint density at radius 1 is 1.19 bits per heavy atom. The molecule has 0 saturated heterocycles. The van der Waals surface area contributed by atoms with E-state index in [9.17, 15) is 4.79 Å². The molecular weight excluding hydrogens is 204 g/mol. The highest BCUT2D eigenvalue weighted by atomic mass is 16.2. The van der Waals surface area contributed by atoms with Crippen molar-refractivity contribution >= 4 is 0 Å². The van der Waals surface area contributed by atoms with Crippen molar-refractivity contribution in [3.63, 3.8) is 0 Å². The van der Waals surface area contributed by atoms with Crippen LogP contribution in [0.4, 0.5) is 0 Å². The van der Waals surface area contributed by atoms with Crippen LogP contribution in [0.3, 0.4) is 0 Å². The minimum Gasteiger partial charge on any atom is -0.396 e. The molecule has 2 rings (SSSR count). The van der Waals surface area contributed by atoms with Gasteiger partial charge in [0, 0.05) is 31.6 Å². The Morgan fingerprint density at radius 2 is 1.94 bits per heavy atom. The van der Waals surface area contributed by atoms with Crippen LogP contribution in [-0.4, -0.2) is 20.8 Å². The van der Waals surface area contributed by atoms with Crippen LogP contribution in [-0.2, 0) is 6.54 Å². The lowest BCUT2D eigenvalue weighted by Gasteiger charge is -2.01. The molecule has 1 aliphatic rings. The first-order valence-corrected chi connectivity index (χ1v) is 6.21. The lowest BCUT2D eigenvalue weighted by molar-refractivity contribution is 0.282. The zero-order chi connectivity index (χ0) is 11.4. The van der Waals surface area contributed by atoms with Crippen LogP contribution in [0.15, 0.2) is 17.2 Å². The average Bonchev–Trinajstić information content (AvgIpc) is 3.05. The van der Waals surface area contributed by atoms with Crippen molar-refractivity contribution in [3.8, 4) is 0 Å². The van der Waals surface area contributed by atoms with Gasteiger partial charge in [-0.15, -0.1) is 0 Å². The molecule has 1 N–H and O–H groups in total. The maximum absolute atomic E-state index is 11.9. The summed E-state index contributed by atoms with van der Waals surface area (Å²) >= 11 is 0. The van der Waals surface area contributed by atoms with Crippen LogP contribution in [0.25, 0.3) is 0 Å². The van der Waals surface area contributed by atoms with E-state index in [0.717, 1.165) is 45.1 Å². The Kier molecular flexibility index (Phi) is 3.83. The van der Waals surface area contributed by atoms with Gasteiger partial charge in [-0.1, -0.05) is 12.8 Å². The van der Waals surface area contributed by atoms with E-state index >= 15 is 0 Å². The maximum Gasteiger partial charge on any atom is 0.328 e. The molecule has 0 spiro atoms. The van der Waals surface area contributed by atoms with Gasteiger partial charge in [0.05, 0.1) is 0 Å². The van der Waals surface area contributed by atoms with Gasteiger partial charge in [-0.05, 0) is 25.7 Å². The van der Waals surface area contributed by atoms with Crippen LogP contribution in [0.1, 0.15) is 44.6 Å². The Labute approximate surface area is 95.5 Å². The summed E-state index contributed by atoms with van der Waals surface area (Å²) in [5, 5.41) is 8.64. The van der Waals surface area contributed by atoms with Crippen LogP contribution in [0.2, 0.25) is 0 Å². The molecule has 0 radical (unpaired) electrons. The summed E-state index contributed by atoms with van der Waals surface area (Å²) in [5.41, 5.74) is 0.143. The van der Waals surface area contributed by atoms with Crippen LogP contribution < -0.4 is 5.69 Å². The van der Waals surface area contributed by atoms with Crippen molar-refractivity contribution in [2.45, 2.75) is 51.1 Å². The van der Waals surface area contributed by atoms with E-state index < -0.39 is 0 Å². The van der Waals surface area contributed by atoms with Crippen molar-refractivity contribution in [2.24, 2.45) is 0 Å². The Morgan fingerprint density at radius 3 is 2.62 bits per heavy atom. The van der Waals surface area contributed by atoms with Gasteiger partial charge in [-0.25, -0.2) is 4.79 Å². The summed E-state index contributed by atoms with van der Waals surface area (Å²) in [6, 6.07) is 0.475. The third-order valence-corrected chi connectivity index (χ3v) is 3.12. The summed E-state index contributed by atoms with van der Waals surface area (Å²) in [4.78, 5) is 11.9. The summed E-state index contributed by atoms with van der Waals surface area (Å²) in [7, 11) is 0. The molecule has 0 unspecified atom stereocenters. The average molecular weight is 224 g/mol. The number of aliphatic hydroxyl groups excluding tert-OH is 1. The van der Waals surface area contributed by atoms with E-state index in [1.807, 2.05) is 17.0 Å². The number of aliphatic hydroxyl groups is 1. The van der Waals surface area contributed by atoms with E-state index in [1.165, 1.54) is 0 Å². The molecule has 0 atom stereocenters. The summed E-state index contributed by atoms with van der Waals surface area (Å²) < 4.78 is 3.66. The second-order valence-corrected chi connectivity index (χ2v) is 4.55. The molecule has 1 aliphatic carbocycles. The summed E-state index contributed by atoms with van der Waals surface area (Å²) in [5.74, 6) is 0.